The van der Waals surface area contributed by atoms with Crippen LogP contribution in [0.5, 0.6) is 0 Å². The van der Waals surface area contributed by atoms with Crippen LogP contribution in [0.1, 0.15) is 52.9 Å². The van der Waals surface area contributed by atoms with E-state index in [1.54, 1.807) is 0 Å². The molecule has 2 rings (SSSR count). The van der Waals surface area contributed by atoms with Crippen LogP contribution < -0.4 is 0 Å². The van der Waals surface area contributed by atoms with Gasteiger partial charge in [0.2, 0.25) is 0 Å². The summed E-state index contributed by atoms with van der Waals surface area (Å²) >= 11 is 0. The molecule has 122 valence electrons. The number of hydrogen-bond donors (Lipinski definition) is 0. The van der Waals surface area contributed by atoms with Gasteiger partial charge >= 0.3 is 11.9 Å². The van der Waals surface area contributed by atoms with Gasteiger partial charge in [-0.15, -0.1) is 0 Å². The van der Waals surface area contributed by atoms with E-state index in [2.05, 4.69) is 20.4 Å². The van der Waals surface area contributed by atoms with Gasteiger partial charge in [0.25, 0.3) is 0 Å². The predicted octanol–water partition coefficient (Wildman–Crippen LogP) is 3.56. The summed E-state index contributed by atoms with van der Waals surface area (Å²) in [5, 5.41) is 0. The molecule has 0 N–H and O–H groups in total. The van der Waals surface area contributed by atoms with Crippen LogP contribution in [0.4, 0.5) is 0 Å². The highest BCUT2D eigenvalue weighted by Crippen LogP contribution is 2.52. The lowest BCUT2D eigenvalue weighted by Gasteiger charge is -2.46. The molecule has 0 aromatic heterocycles. The standard InChI is InChI=1S/C18H26O4/c1-11(17(20)21-5)14-6-8-18(4)9-7-16(22-13(3)19)12(2)15(18)10-14/h14,16H,1,6-10H2,2-5H3/t14-,16+,18+/m1/s1. The Balaban J connectivity index is 2.25. The third-order valence-electron chi connectivity index (χ3n) is 5.39. The van der Waals surface area contributed by atoms with E-state index in [1.165, 1.54) is 19.6 Å². The van der Waals surface area contributed by atoms with Gasteiger partial charge in [0, 0.05) is 12.5 Å². The van der Waals surface area contributed by atoms with E-state index >= 15 is 0 Å². The summed E-state index contributed by atoms with van der Waals surface area (Å²) in [5.74, 6) is -0.430. The zero-order valence-electron chi connectivity index (χ0n) is 14.0. The molecule has 4 heteroatoms. The second-order valence-corrected chi connectivity index (χ2v) is 6.82. The zero-order valence-corrected chi connectivity index (χ0v) is 14.0. The number of fused-ring (bicyclic) bond motifs is 1. The highest BCUT2D eigenvalue weighted by atomic mass is 16.5. The summed E-state index contributed by atoms with van der Waals surface area (Å²) in [6, 6.07) is 0. The second kappa shape index (κ2) is 6.27. The average molecular weight is 306 g/mol. The maximum Gasteiger partial charge on any atom is 0.333 e. The van der Waals surface area contributed by atoms with Crippen molar-refractivity contribution >= 4 is 11.9 Å². The minimum absolute atomic E-state index is 0.120. The van der Waals surface area contributed by atoms with Crippen LogP contribution in [0.3, 0.4) is 0 Å². The maximum atomic E-state index is 11.7. The molecule has 2 aliphatic carbocycles. The fourth-order valence-corrected chi connectivity index (χ4v) is 3.95. The summed E-state index contributed by atoms with van der Waals surface area (Å²) in [6.45, 7) is 9.72. The van der Waals surface area contributed by atoms with E-state index in [9.17, 15) is 9.59 Å². The average Bonchev–Trinajstić information content (AvgIpc) is 2.48. The van der Waals surface area contributed by atoms with Gasteiger partial charge in [-0.25, -0.2) is 4.79 Å². The van der Waals surface area contributed by atoms with Crippen molar-refractivity contribution in [3.05, 3.63) is 23.3 Å². The van der Waals surface area contributed by atoms with Gasteiger partial charge in [-0.1, -0.05) is 19.1 Å². The molecule has 22 heavy (non-hydrogen) atoms. The smallest absolute Gasteiger partial charge is 0.333 e. The van der Waals surface area contributed by atoms with E-state index in [1.807, 2.05) is 0 Å². The van der Waals surface area contributed by atoms with Crippen LogP contribution in [0, 0.1) is 11.3 Å². The summed E-state index contributed by atoms with van der Waals surface area (Å²) in [4.78, 5) is 23.0. The van der Waals surface area contributed by atoms with Gasteiger partial charge < -0.3 is 9.47 Å². The van der Waals surface area contributed by atoms with E-state index < -0.39 is 0 Å². The van der Waals surface area contributed by atoms with Crippen LogP contribution in [-0.4, -0.2) is 25.2 Å². The second-order valence-electron chi connectivity index (χ2n) is 6.82. The molecular weight excluding hydrogens is 280 g/mol. The Morgan fingerprint density at radius 1 is 1.27 bits per heavy atom. The molecule has 3 atom stereocenters. The number of esters is 2. The maximum absolute atomic E-state index is 11.7. The van der Waals surface area contributed by atoms with E-state index in [0.717, 1.165) is 37.7 Å². The van der Waals surface area contributed by atoms with Gasteiger partial charge in [0.05, 0.1) is 7.11 Å². The molecule has 0 aromatic rings. The molecule has 0 amide bonds. The first kappa shape index (κ1) is 16.8. The highest BCUT2D eigenvalue weighted by Gasteiger charge is 2.42. The zero-order chi connectivity index (χ0) is 16.5. The van der Waals surface area contributed by atoms with Crippen LogP contribution in [-0.2, 0) is 19.1 Å². The van der Waals surface area contributed by atoms with Crippen LogP contribution in [0.15, 0.2) is 23.3 Å². The number of methoxy groups -OCH3 is 1. The molecule has 0 aromatic carbocycles. The molecule has 0 aliphatic heterocycles. The van der Waals surface area contributed by atoms with Crippen LogP contribution in [0.2, 0.25) is 0 Å². The lowest BCUT2D eigenvalue weighted by atomic mass is 9.60. The molecule has 0 unspecified atom stereocenters. The van der Waals surface area contributed by atoms with Gasteiger partial charge in [-0.05, 0) is 55.9 Å². The normalized spacial score (nSPS) is 31.3. The Hall–Kier alpha value is -1.58. The predicted molar refractivity (Wildman–Crippen MR) is 84.1 cm³/mol. The van der Waals surface area contributed by atoms with E-state index in [0.29, 0.717) is 5.57 Å². The number of hydrogen-bond acceptors (Lipinski definition) is 4. The molecular formula is C18H26O4. The first-order chi connectivity index (χ1) is 10.3. The van der Waals surface area contributed by atoms with E-state index in [4.69, 9.17) is 9.47 Å². The Morgan fingerprint density at radius 3 is 2.50 bits per heavy atom. The molecule has 1 saturated carbocycles. The van der Waals surface area contributed by atoms with Gasteiger partial charge in [-0.3, -0.25) is 4.79 Å². The highest BCUT2D eigenvalue weighted by molar-refractivity contribution is 5.88. The molecule has 4 nitrogen and oxygen atoms in total. The number of carbonyl (C=O) groups is 2. The van der Waals surface area contributed by atoms with Crippen LogP contribution in [0.25, 0.3) is 0 Å². The molecule has 1 fully saturated rings. The van der Waals surface area contributed by atoms with Crippen LogP contribution >= 0.6 is 0 Å². The fourth-order valence-electron chi connectivity index (χ4n) is 3.95. The Kier molecular flexibility index (Phi) is 4.78. The number of allylic oxidation sites excluding steroid dienone is 1. The molecule has 2 aliphatic rings. The summed E-state index contributed by atoms with van der Waals surface area (Å²) < 4.78 is 10.3. The van der Waals surface area contributed by atoms with Gasteiger partial charge in [0.1, 0.15) is 6.10 Å². The first-order valence-electron chi connectivity index (χ1n) is 7.93. The number of ether oxygens (including phenoxy) is 2. The van der Waals surface area contributed by atoms with Crippen molar-refractivity contribution in [1.29, 1.82) is 0 Å². The van der Waals surface area contributed by atoms with Gasteiger partial charge in [-0.2, -0.15) is 0 Å². The summed E-state index contributed by atoms with van der Waals surface area (Å²) in [5.41, 5.74) is 3.21. The molecule has 0 radical (unpaired) electrons. The van der Waals surface area contributed by atoms with Crippen molar-refractivity contribution in [2.75, 3.05) is 7.11 Å². The summed E-state index contributed by atoms with van der Waals surface area (Å²) in [6.07, 6.45) is 4.59. The van der Waals surface area contributed by atoms with Gasteiger partial charge in [0.15, 0.2) is 0 Å². The van der Waals surface area contributed by atoms with E-state index in [-0.39, 0.29) is 29.4 Å². The minimum atomic E-state index is -0.320. The Labute approximate surface area is 132 Å². The van der Waals surface area contributed by atoms with Crippen molar-refractivity contribution in [2.24, 2.45) is 11.3 Å². The Bertz CT molecular complexity index is 531. The van der Waals surface area contributed by atoms with Crippen molar-refractivity contribution in [2.45, 2.75) is 59.0 Å². The number of carbonyl (C=O) groups excluding carboxylic acids is 2. The third-order valence-corrected chi connectivity index (χ3v) is 5.39. The summed E-state index contributed by atoms with van der Waals surface area (Å²) in [7, 11) is 1.39. The van der Waals surface area contributed by atoms with Crippen molar-refractivity contribution in [1.82, 2.24) is 0 Å². The topological polar surface area (TPSA) is 52.6 Å². The fraction of sp³-hybridized carbons (Fsp3) is 0.667. The molecule has 0 bridgehead atoms. The lowest BCUT2D eigenvalue weighted by Crippen LogP contribution is -2.37. The largest absolute Gasteiger partial charge is 0.466 e. The molecule has 0 heterocycles. The number of rotatable bonds is 3. The van der Waals surface area contributed by atoms with Crippen molar-refractivity contribution in [3.8, 4) is 0 Å². The minimum Gasteiger partial charge on any atom is -0.466 e. The monoisotopic (exact) mass is 306 g/mol. The first-order valence-corrected chi connectivity index (χ1v) is 7.93. The van der Waals surface area contributed by atoms with Crippen molar-refractivity contribution in [3.63, 3.8) is 0 Å². The Morgan fingerprint density at radius 2 is 1.91 bits per heavy atom. The molecule has 0 spiro atoms. The third kappa shape index (κ3) is 3.11. The quantitative estimate of drug-likeness (QED) is 0.454. The SMILES string of the molecule is C=C(C(=O)OC)[C@@H]1CC[C@@]2(C)CC[C@H](OC(C)=O)C(C)=C2C1. The van der Waals surface area contributed by atoms with Crippen molar-refractivity contribution < 1.29 is 19.1 Å². The molecule has 0 saturated heterocycles. The lowest BCUT2D eigenvalue weighted by molar-refractivity contribution is -0.145.